The molecule has 0 saturated heterocycles. The van der Waals surface area contributed by atoms with E-state index in [0.717, 1.165) is 9.88 Å². The van der Waals surface area contributed by atoms with E-state index in [1.807, 2.05) is 22.9 Å². The van der Waals surface area contributed by atoms with Gasteiger partial charge >= 0.3 is 0 Å². The predicted octanol–water partition coefficient (Wildman–Crippen LogP) is 2.57. The predicted molar refractivity (Wildman–Crippen MR) is 62.1 cm³/mol. The highest BCUT2D eigenvalue weighted by Gasteiger charge is 2.05. The van der Waals surface area contributed by atoms with Crippen LogP contribution in [0.5, 0.6) is 0 Å². The number of allylic oxidation sites excluding steroid dienone is 1. The smallest absolute Gasteiger partial charge is 0.244 e. The van der Waals surface area contributed by atoms with Crippen LogP contribution in [0, 0.1) is 10.1 Å². The van der Waals surface area contributed by atoms with Crippen molar-refractivity contribution in [2.45, 2.75) is 6.92 Å². The van der Waals surface area contributed by atoms with E-state index in [1.54, 1.807) is 18.6 Å². The molecule has 16 heavy (non-hydrogen) atoms. The Morgan fingerprint density at radius 2 is 2.44 bits per heavy atom. The quantitative estimate of drug-likeness (QED) is 0.606. The number of hydrogen-bond acceptors (Lipinski definition) is 4. The Kier molecular flexibility index (Phi) is 2.82. The Bertz CT molecular complexity index is 528. The standard InChI is InChI=1S/C10H9N3O2S/c1-8(13(14)15)6-9-2-3-10(16-9)12-5-4-11-7-12/h2-7H,1H3/b8-6+. The number of aromatic nitrogens is 2. The SMILES string of the molecule is C/C(=C\c1ccc(-n2ccnc2)s1)[N+](=O)[O-]. The Hall–Kier alpha value is -1.95. The normalized spacial score (nSPS) is 11.7. The zero-order valence-electron chi connectivity index (χ0n) is 8.53. The van der Waals surface area contributed by atoms with E-state index in [1.165, 1.54) is 18.3 Å². The van der Waals surface area contributed by atoms with Crippen molar-refractivity contribution < 1.29 is 4.92 Å². The summed E-state index contributed by atoms with van der Waals surface area (Å²) < 4.78 is 1.86. The molecule has 0 aromatic carbocycles. The van der Waals surface area contributed by atoms with Crippen molar-refractivity contribution in [1.82, 2.24) is 9.55 Å². The molecule has 2 aromatic rings. The van der Waals surface area contributed by atoms with E-state index in [9.17, 15) is 10.1 Å². The first-order valence-electron chi connectivity index (χ1n) is 4.57. The molecule has 0 atom stereocenters. The fourth-order valence-electron chi connectivity index (χ4n) is 1.21. The molecule has 0 saturated carbocycles. The van der Waals surface area contributed by atoms with Gasteiger partial charge in [-0.15, -0.1) is 11.3 Å². The first-order chi connectivity index (χ1) is 7.66. The van der Waals surface area contributed by atoms with Gasteiger partial charge in [0.2, 0.25) is 5.70 Å². The summed E-state index contributed by atoms with van der Waals surface area (Å²) in [6, 6.07) is 3.76. The number of thiophene rings is 1. The van der Waals surface area contributed by atoms with Gasteiger partial charge in [0.1, 0.15) is 5.00 Å². The van der Waals surface area contributed by atoms with Gasteiger partial charge in [0.05, 0.1) is 11.3 Å². The molecule has 0 aliphatic carbocycles. The summed E-state index contributed by atoms with van der Waals surface area (Å²) in [6.45, 7) is 1.48. The monoisotopic (exact) mass is 235 g/mol. The minimum atomic E-state index is -0.392. The minimum Gasteiger partial charge on any atom is -0.298 e. The van der Waals surface area contributed by atoms with Crippen molar-refractivity contribution in [2.75, 3.05) is 0 Å². The van der Waals surface area contributed by atoms with Crippen LogP contribution in [0.2, 0.25) is 0 Å². The largest absolute Gasteiger partial charge is 0.298 e. The van der Waals surface area contributed by atoms with E-state index in [0.29, 0.717) is 0 Å². The molecule has 2 aromatic heterocycles. The van der Waals surface area contributed by atoms with Crippen molar-refractivity contribution in [2.24, 2.45) is 0 Å². The van der Waals surface area contributed by atoms with Crippen LogP contribution in [0.15, 0.2) is 36.6 Å². The molecule has 2 rings (SSSR count). The van der Waals surface area contributed by atoms with Crippen LogP contribution >= 0.6 is 11.3 Å². The lowest BCUT2D eigenvalue weighted by Crippen LogP contribution is -1.91. The van der Waals surface area contributed by atoms with Crippen molar-refractivity contribution in [3.8, 4) is 5.00 Å². The van der Waals surface area contributed by atoms with E-state index >= 15 is 0 Å². The van der Waals surface area contributed by atoms with Crippen molar-refractivity contribution >= 4 is 17.4 Å². The zero-order valence-corrected chi connectivity index (χ0v) is 9.35. The number of imidazole rings is 1. The van der Waals surface area contributed by atoms with Gasteiger partial charge in [-0.2, -0.15) is 0 Å². The maximum Gasteiger partial charge on any atom is 0.244 e. The molecule has 0 N–H and O–H groups in total. The van der Waals surface area contributed by atoms with Crippen LogP contribution in [0.25, 0.3) is 11.1 Å². The number of rotatable bonds is 3. The summed E-state index contributed by atoms with van der Waals surface area (Å²) >= 11 is 1.48. The topological polar surface area (TPSA) is 61.0 Å². The summed E-state index contributed by atoms with van der Waals surface area (Å²) in [5.74, 6) is 0. The second-order valence-corrected chi connectivity index (χ2v) is 4.28. The summed E-state index contributed by atoms with van der Waals surface area (Å²) in [7, 11) is 0. The van der Waals surface area contributed by atoms with Gasteiger partial charge in [0.25, 0.3) is 0 Å². The fraction of sp³-hybridized carbons (Fsp3) is 0.100. The molecular weight excluding hydrogens is 226 g/mol. The van der Waals surface area contributed by atoms with E-state index in [-0.39, 0.29) is 5.70 Å². The van der Waals surface area contributed by atoms with E-state index in [2.05, 4.69) is 4.98 Å². The second kappa shape index (κ2) is 4.28. The van der Waals surface area contributed by atoms with Crippen LogP contribution in [-0.2, 0) is 0 Å². The van der Waals surface area contributed by atoms with Crippen LogP contribution < -0.4 is 0 Å². The molecule has 82 valence electrons. The molecule has 0 aliphatic heterocycles. The van der Waals surface area contributed by atoms with E-state index in [4.69, 9.17) is 0 Å². The number of nitro groups is 1. The average Bonchev–Trinajstić information content (AvgIpc) is 2.85. The van der Waals surface area contributed by atoms with Crippen LogP contribution in [0.3, 0.4) is 0 Å². The average molecular weight is 235 g/mol. The highest BCUT2D eigenvalue weighted by Crippen LogP contribution is 2.22. The number of nitrogens with zero attached hydrogens (tertiary/aromatic N) is 3. The molecule has 0 radical (unpaired) electrons. The van der Waals surface area contributed by atoms with Gasteiger partial charge < -0.3 is 0 Å². The van der Waals surface area contributed by atoms with Gasteiger partial charge in [-0.25, -0.2) is 4.98 Å². The van der Waals surface area contributed by atoms with Crippen molar-refractivity contribution in [3.05, 3.63) is 51.5 Å². The van der Waals surface area contributed by atoms with Crippen molar-refractivity contribution in [3.63, 3.8) is 0 Å². The molecule has 0 aliphatic rings. The van der Waals surface area contributed by atoms with E-state index < -0.39 is 4.92 Å². The summed E-state index contributed by atoms with van der Waals surface area (Å²) in [6.07, 6.45) is 6.78. The Labute approximate surface area is 95.8 Å². The maximum absolute atomic E-state index is 10.5. The fourth-order valence-corrected chi connectivity index (χ4v) is 2.16. The summed E-state index contributed by atoms with van der Waals surface area (Å²) in [4.78, 5) is 14.9. The van der Waals surface area contributed by atoms with Gasteiger partial charge in [-0.1, -0.05) is 0 Å². The summed E-state index contributed by atoms with van der Waals surface area (Å²) in [5.41, 5.74) is 0.138. The third-order valence-corrected chi connectivity index (χ3v) is 3.06. The van der Waals surface area contributed by atoms with Gasteiger partial charge in [-0.05, 0) is 12.1 Å². The molecule has 5 nitrogen and oxygen atoms in total. The Balaban J connectivity index is 2.27. The Morgan fingerprint density at radius 3 is 3.06 bits per heavy atom. The highest BCUT2D eigenvalue weighted by atomic mass is 32.1. The van der Waals surface area contributed by atoms with Crippen LogP contribution in [0.4, 0.5) is 0 Å². The van der Waals surface area contributed by atoms with Gasteiger partial charge in [0.15, 0.2) is 0 Å². The van der Waals surface area contributed by atoms with Gasteiger partial charge in [-0.3, -0.25) is 14.7 Å². The first kappa shape index (κ1) is 10.6. The maximum atomic E-state index is 10.5. The molecule has 0 bridgehead atoms. The third kappa shape index (κ3) is 2.17. The molecule has 0 unspecified atom stereocenters. The van der Waals surface area contributed by atoms with Crippen LogP contribution in [0.1, 0.15) is 11.8 Å². The Morgan fingerprint density at radius 1 is 1.62 bits per heavy atom. The minimum absolute atomic E-state index is 0.138. The lowest BCUT2D eigenvalue weighted by atomic mass is 10.4. The second-order valence-electron chi connectivity index (χ2n) is 3.19. The molecule has 0 amide bonds. The van der Waals surface area contributed by atoms with Crippen LogP contribution in [-0.4, -0.2) is 14.5 Å². The summed E-state index contributed by atoms with van der Waals surface area (Å²) in [5, 5.41) is 11.5. The first-order valence-corrected chi connectivity index (χ1v) is 5.39. The molecule has 6 heteroatoms. The number of hydrogen-bond donors (Lipinski definition) is 0. The molecule has 2 heterocycles. The lowest BCUT2D eigenvalue weighted by molar-refractivity contribution is -0.422. The zero-order chi connectivity index (χ0) is 11.5. The molecule has 0 spiro atoms. The van der Waals surface area contributed by atoms with Crippen molar-refractivity contribution in [1.29, 1.82) is 0 Å². The third-order valence-electron chi connectivity index (χ3n) is 2.01. The van der Waals surface area contributed by atoms with Gasteiger partial charge in [0, 0.05) is 30.3 Å². The molecular formula is C10H9N3O2S. The molecule has 0 fully saturated rings. The lowest BCUT2D eigenvalue weighted by Gasteiger charge is -1.93. The highest BCUT2D eigenvalue weighted by molar-refractivity contribution is 7.15.